The topological polar surface area (TPSA) is 28.5 Å². The van der Waals surface area contributed by atoms with Crippen LogP contribution < -0.4 is 0 Å². The summed E-state index contributed by atoms with van der Waals surface area (Å²) in [5.41, 5.74) is 2.86. The van der Waals surface area contributed by atoms with Crippen LogP contribution in [-0.4, -0.2) is 29.8 Å². The predicted octanol–water partition coefficient (Wildman–Crippen LogP) is 3.07. The number of hydrogen-bond donors (Lipinski definition) is 0. The molecule has 0 bridgehead atoms. The summed E-state index contributed by atoms with van der Waals surface area (Å²) < 4.78 is 0.999. The maximum Gasteiger partial charge on any atom is 0.0910 e. The van der Waals surface area contributed by atoms with Gasteiger partial charge in [0.05, 0.1) is 23.4 Å². The first kappa shape index (κ1) is 12.2. The first-order valence-electron chi connectivity index (χ1n) is 4.92. The molecule has 0 aliphatic heterocycles. The number of hydrogen-bond acceptors (Lipinski definition) is 2. The fraction of sp³-hybridized carbons (Fsp3) is 0.455. The summed E-state index contributed by atoms with van der Waals surface area (Å²) in [6.07, 6.45) is 1.83. The van der Waals surface area contributed by atoms with Crippen molar-refractivity contribution in [1.82, 2.24) is 9.88 Å². The molecule has 0 spiro atoms. The van der Waals surface area contributed by atoms with E-state index in [1.165, 1.54) is 0 Å². The molecule has 0 aromatic carbocycles. The molecular formula is C11H16BrN3. The van der Waals surface area contributed by atoms with Gasteiger partial charge in [0.25, 0.3) is 0 Å². The quantitative estimate of drug-likeness (QED) is 0.623. The zero-order valence-electron chi connectivity index (χ0n) is 9.58. The van der Waals surface area contributed by atoms with Crippen molar-refractivity contribution in [2.75, 3.05) is 13.6 Å². The molecule has 0 unspecified atom stereocenters. The monoisotopic (exact) mass is 269 g/mol. The minimum Gasteiger partial charge on any atom is -0.366 e. The van der Waals surface area contributed by atoms with Crippen LogP contribution in [0.25, 0.3) is 0 Å². The maximum absolute atomic E-state index is 4.40. The normalized spacial score (nSPS) is 11.0. The van der Waals surface area contributed by atoms with Crippen LogP contribution in [0.15, 0.2) is 15.5 Å². The van der Waals surface area contributed by atoms with Gasteiger partial charge in [-0.3, -0.25) is 4.98 Å². The highest BCUT2D eigenvalue weighted by molar-refractivity contribution is 9.10. The highest BCUT2D eigenvalue weighted by atomic mass is 79.9. The lowest BCUT2D eigenvalue weighted by Gasteiger charge is -2.09. The Labute approximate surface area is 99.4 Å². The van der Waals surface area contributed by atoms with Gasteiger partial charge in [-0.15, -0.1) is 0 Å². The van der Waals surface area contributed by atoms with E-state index < -0.39 is 0 Å². The zero-order chi connectivity index (χ0) is 11.4. The maximum atomic E-state index is 4.40. The summed E-state index contributed by atoms with van der Waals surface area (Å²) >= 11 is 3.45. The van der Waals surface area contributed by atoms with E-state index in [1.54, 1.807) is 0 Å². The van der Waals surface area contributed by atoms with Crippen molar-refractivity contribution >= 4 is 28.0 Å². The van der Waals surface area contributed by atoms with Gasteiger partial charge in [-0.2, -0.15) is 0 Å². The molecule has 0 fully saturated rings. The second-order valence-corrected chi connectivity index (χ2v) is 4.33. The third-order valence-corrected chi connectivity index (χ3v) is 3.01. The smallest absolute Gasteiger partial charge is 0.0910 e. The Balaban J connectivity index is 2.95. The second kappa shape index (κ2) is 5.26. The van der Waals surface area contributed by atoms with E-state index in [1.807, 2.05) is 38.2 Å². The van der Waals surface area contributed by atoms with Crippen LogP contribution in [-0.2, 0) is 0 Å². The molecule has 0 aliphatic rings. The summed E-state index contributed by atoms with van der Waals surface area (Å²) in [6.45, 7) is 6.98. The van der Waals surface area contributed by atoms with Crippen LogP contribution in [0.5, 0.6) is 0 Å². The fourth-order valence-corrected chi connectivity index (χ4v) is 1.37. The molecule has 1 rings (SSSR count). The van der Waals surface area contributed by atoms with Gasteiger partial charge in [0.2, 0.25) is 0 Å². The van der Waals surface area contributed by atoms with Crippen molar-refractivity contribution in [3.05, 3.63) is 21.9 Å². The van der Waals surface area contributed by atoms with Crippen molar-refractivity contribution in [2.45, 2.75) is 20.8 Å². The lowest BCUT2D eigenvalue weighted by molar-refractivity contribution is 0.552. The van der Waals surface area contributed by atoms with Gasteiger partial charge in [0.1, 0.15) is 0 Å². The summed E-state index contributed by atoms with van der Waals surface area (Å²) in [5, 5.41) is 0. The Bertz CT molecular complexity index is 374. The van der Waals surface area contributed by atoms with Gasteiger partial charge < -0.3 is 4.90 Å². The minimum absolute atomic E-state index is 0.910. The molecule has 3 nitrogen and oxygen atoms in total. The molecule has 1 aromatic heterocycles. The number of aromatic nitrogens is 1. The highest BCUT2D eigenvalue weighted by Gasteiger charge is 2.02. The summed E-state index contributed by atoms with van der Waals surface area (Å²) in [7, 11) is 2.00. The molecule has 4 heteroatoms. The fourth-order valence-electron chi connectivity index (χ4n) is 1.06. The number of halogens is 1. The number of rotatable bonds is 3. The molecule has 0 atom stereocenters. The van der Waals surface area contributed by atoms with Gasteiger partial charge in [0.15, 0.2) is 0 Å². The average molecular weight is 270 g/mol. The first-order chi connectivity index (χ1) is 7.04. The number of aryl methyl sites for hydroxylation is 2. The Morgan fingerprint density at radius 1 is 1.47 bits per heavy atom. The molecule has 1 heterocycles. The van der Waals surface area contributed by atoms with Crippen molar-refractivity contribution < 1.29 is 0 Å². The second-order valence-electron chi connectivity index (χ2n) is 3.48. The van der Waals surface area contributed by atoms with E-state index in [9.17, 15) is 0 Å². The molecule has 0 saturated heterocycles. The van der Waals surface area contributed by atoms with E-state index in [2.05, 4.69) is 32.8 Å². The Kier molecular flexibility index (Phi) is 4.27. The van der Waals surface area contributed by atoms with Crippen molar-refractivity contribution in [1.29, 1.82) is 0 Å². The Hall–Kier alpha value is -0.900. The van der Waals surface area contributed by atoms with Crippen LogP contribution in [0.1, 0.15) is 18.3 Å². The molecular weight excluding hydrogens is 254 g/mol. The van der Waals surface area contributed by atoms with Gasteiger partial charge in [-0.05, 0) is 42.8 Å². The van der Waals surface area contributed by atoms with E-state index >= 15 is 0 Å². The van der Waals surface area contributed by atoms with Gasteiger partial charge >= 0.3 is 0 Å². The molecule has 82 valence electrons. The SMILES string of the molecule is CCN(C)/C=N/c1cc(Br)c(C)nc1C. The van der Waals surface area contributed by atoms with Gasteiger partial charge in [-0.25, -0.2) is 4.99 Å². The Morgan fingerprint density at radius 2 is 2.13 bits per heavy atom. The van der Waals surface area contributed by atoms with Gasteiger partial charge in [0, 0.05) is 18.1 Å². The van der Waals surface area contributed by atoms with E-state index in [4.69, 9.17) is 0 Å². The third kappa shape index (κ3) is 3.30. The van der Waals surface area contributed by atoms with Crippen molar-refractivity contribution in [3.8, 4) is 0 Å². The number of aliphatic imine (C=N–C) groups is 1. The molecule has 0 aliphatic carbocycles. The average Bonchev–Trinajstić information content (AvgIpc) is 2.21. The summed E-state index contributed by atoms with van der Waals surface area (Å²) in [5.74, 6) is 0. The molecule has 0 saturated carbocycles. The Morgan fingerprint density at radius 3 is 2.73 bits per heavy atom. The summed E-state index contributed by atoms with van der Waals surface area (Å²) in [6, 6.07) is 2.00. The molecule has 0 amide bonds. The standard InChI is InChI=1S/C11H16BrN3/c1-5-15(4)7-13-11-6-10(12)8(2)14-9(11)3/h6-7H,5H2,1-4H3/b13-7+. The van der Waals surface area contributed by atoms with Crippen LogP contribution in [0.4, 0.5) is 5.69 Å². The largest absolute Gasteiger partial charge is 0.366 e. The van der Waals surface area contributed by atoms with Crippen LogP contribution in [0.3, 0.4) is 0 Å². The van der Waals surface area contributed by atoms with E-state index in [0.29, 0.717) is 0 Å². The van der Waals surface area contributed by atoms with E-state index in [-0.39, 0.29) is 0 Å². The molecule has 1 aromatic rings. The van der Waals surface area contributed by atoms with Crippen LogP contribution in [0.2, 0.25) is 0 Å². The van der Waals surface area contributed by atoms with Crippen molar-refractivity contribution in [2.24, 2.45) is 4.99 Å². The van der Waals surface area contributed by atoms with Gasteiger partial charge in [-0.1, -0.05) is 0 Å². The summed E-state index contributed by atoms with van der Waals surface area (Å²) in [4.78, 5) is 10.8. The first-order valence-corrected chi connectivity index (χ1v) is 5.72. The number of pyridine rings is 1. The van der Waals surface area contributed by atoms with Crippen LogP contribution >= 0.6 is 15.9 Å². The lowest BCUT2D eigenvalue weighted by Crippen LogP contribution is -2.14. The predicted molar refractivity (Wildman–Crippen MR) is 67.9 cm³/mol. The number of nitrogens with zero attached hydrogens (tertiary/aromatic N) is 3. The molecule has 0 radical (unpaired) electrons. The van der Waals surface area contributed by atoms with E-state index in [0.717, 1.165) is 28.1 Å². The zero-order valence-corrected chi connectivity index (χ0v) is 11.2. The minimum atomic E-state index is 0.910. The highest BCUT2D eigenvalue weighted by Crippen LogP contribution is 2.23. The third-order valence-electron chi connectivity index (χ3n) is 2.21. The van der Waals surface area contributed by atoms with Crippen LogP contribution in [0, 0.1) is 13.8 Å². The molecule has 0 N–H and O–H groups in total. The van der Waals surface area contributed by atoms with Crippen molar-refractivity contribution in [3.63, 3.8) is 0 Å². The lowest BCUT2D eigenvalue weighted by atomic mass is 10.3. The molecule has 15 heavy (non-hydrogen) atoms.